The quantitative estimate of drug-likeness (QED) is 0.744. The summed E-state index contributed by atoms with van der Waals surface area (Å²) in [7, 11) is 0. The average Bonchev–Trinajstić information content (AvgIpc) is 2.49. The smallest absolute Gasteiger partial charge is 0.0995 e. The molecule has 2 aromatic heterocycles. The molecule has 3 heteroatoms. The van der Waals surface area contributed by atoms with E-state index in [1.165, 1.54) is 11.1 Å². The zero-order valence-electron chi connectivity index (χ0n) is 7.70. The second-order valence-corrected chi connectivity index (χ2v) is 3.20. The van der Waals surface area contributed by atoms with Crippen molar-refractivity contribution in [3.05, 3.63) is 35.9 Å². The Bertz CT molecular complexity index is 417. The van der Waals surface area contributed by atoms with Gasteiger partial charge >= 0.3 is 0 Å². The molecule has 2 rings (SSSR count). The van der Waals surface area contributed by atoms with Crippen LogP contribution in [0.15, 0.2) is 24.7 Å². The van der Waals surface area contributed by atoms with Crippen LogP contribution in [0, 0.1) is 6.92 Å². The third-order valence-electron chi connectivity index (χ3n) is 2.23. The van der Waals surface area contributed by atoms with E-state index >= 15 is 0 Å². The summed E-state index contributed by atoms with van der Waals surface area (Å²) in [6.07, 6.45) is 4.79. The van der Waals surface area contributed by atoms with Gasteiger partial charge in [0.15, 0.2) is 0 Å². The van der Waals surface area contributed by atoms with E-state index in [0.29, 0.717) is 6.54 Å². The van der Waals surface area contributed by atoms with Gasteiger partial charge in [-0.3, -0.25) is 0 Å². The average molecular weight is 175 g/mol. The van der Waals surface area contributed by atoms with Gasteiger partial charge in [-0.15, -0.1) is 0 Å². The topological polar surface area (TPSA) is 43.3 Å². The first-order valence-corrected chi connectivity index (χ1v) is 4.43. The van der Waals surface area contributed by atoms with Crippen LogP contribution < -0.4 is 5.73 Å². The summed E-state index contributed by atoms with van der Waals surface area (Å²) >= 11 is 0. The molecule has 2 aromatic rings. The maximum atomic E-state index is 5.50. The first-order valence-electron chi connectivity index (χ1n) is 4.43. The van der Waals surface area contributed by atoms with Gasteiger partial charge in [-0.05, 0) is 37.6 Å². The number of fused-ring (bicyclic) bond motifs is 1. The summed E-state index contributed by atoms with van der Waals surface area (Å²) in [5.41, 5.74) is 9.01. The molecule has 0 unspecified atom stereocenters. The second kappa shape index (κ2) is 3.18. The third kappa shape index (κ3) is 1.42. The van der Waals surface area contributed by atoms with Gasteiger partial charge in [-0.25, -0.2) is 4.98 Å². The van der Waals surface area contributed by atoms with E-state index in [9.17, 15) is 0 Å². The highest BCUT2D eigenvalue weighted by atomic mass is 15.0. The van der Waals surface area contributed by atoms with E-state index in [1.54, 1.807) is 0 Å². The Morgan fingerprint density at radius 1 is 1.54 bits per heavy atom. The highest BCUT2D eigenvalue weighted by Gasteiger charge is 1.99. The largest absolute Gasteiger partial charge is 0.330 e. The number of pyridine rings is 1. The lowest BCUT2D eigenvalue weighted by Gasteiger charge is -2.00. The summed E-state index contributed by atoms with van der Waals surface area (Å²) in [5, 5.41) is 0. The molecule has 0 bridgehead atoms. The molecule has 0 aromatic carbocycles. The van der Waals surface area contributed by atoms with E-state index < -0.39 is 0 Å². The van der Waals surface area contributed by atoms with Crippen molar-refractivity contribution in [1.82, 2.24) is 9.38 Å². The summed E-state index contributed by atoms with van der Waals surface area (Å²) in [6.45, 7) is 2.71. The highest BCUT2D eigenvalue weighted by molar-refractivity contribution is 5.53. The number of aromatic nitrogens is 2. The Morgan fingerprint density at radius 2 is 2.38 bits per heavy atom. The van der Waals surface area contributed by atoms with Crippen molar-refractivity contribution in [3.63, 3.8) is 0 Å². The number of imidazole rings is 1. The minimum Gasteiger partial charge on any atom is -0.330 e. The lowest BCUT2D eigenvalue weighted by Crippen LogP contribution is -2.02. The van der Waals surface area contributed by atoms with Gasteiger partial charge in [0.2, 0.25) is 0 Å². The fraction of sp³-hybridized carbons (Fsp3) is 0.300. The molecule has 0 fully saturated rings. The van der Waals surface area contributed by atoms with Crippen molar-refractivity contribution in [2.75, 3.05) is 6.54 Å². The molecule has 2 N–H and O–H groups in total. The van der Waals surface area contributed by atoms with Crippen LogP contribution in [0.25, 0.3) is 5.52 Å². The van der Waals surface area contributed by atoms with E-state index in [1.807, 2.05) is 23.8 Å². The van der Waals surface area contributed by atoms with E-state index in [4.69, 9.17) is 5.73 Å². The molecule has 3 nitrogen and oxygen atoms in total. The molecule has 0 saturated heterocycles. The normalized spacial score (nSPS) is 10.9. The predicted octanol–water partition coefficient (Wildman–Crippen LogP) is 1.14. The standard InChI is InChI=1S/C10H13N3/c1-8-10-6-9(2-4-11)3-5-13(10)7-12-8/h3,5-7H,2,4,11H2,1H3. The first kappa shape index (κ1) is 8.26. The van der Waals surface area contributed by atoms with Gasteiger partial charge in [-0.2, -0.15) is 0 Å². The van der Waals surface area contributed by atoms with Crippen LogP contribution in [0.1, 0.15) is 11.3 Å². The summed E-state index contributed by atoms with van der Waals surface area (Å²) < 4.78 is 2.02. The Labute approximate surface area is 77.2 Å². The number of rotatable bonds is 2. The second-order valence-electron chi connectivity index (χ2n) is 3.20. The van der Waals surface area contributed by atoms with E-state index in [-0.39, 0.29) is 0 Å². The Morgan fingerprint density at radius 3 is 3.15 bits per heavy atom. The van der Waals surface area contributed by atoms with Crippen molar-refractivity contribution in [3.8, 4) is 0 Å². The fourth-order valence-corrected chi connectivity index (χ4v) is 1.48. The Kier molecular flexibility index (Phi) is 2.02. The SMILES string of the molecule is Cc1ncn2ccc(CCN)cc12. The van der Waals surface area contributed by atoms with Gasteiger partial charge in [0.1, 0.15) is 0 Å². The van der Waals surface area contributed by atoms with Gasteiger partial charge in [0.25, 0.3) is 0 Å². The molecule has 0 aliphatic rings. The minimum atomic E-state index is 0.698. The zero-order chi connectivity index (χ0) is 9.26. The maximum absolute atomic E-state index is 5.50. The summed E-state index contributed by atoms with van der Waals surface area (Å²) in [5.74, 6) is 0. The molecule has 68 valence electrons. The monoisotopic (exact) mass is 175 g/mol. The van der Waals surface area contributed by atoms with Crippen molar-refractivity contribution in [2.45, 2.75) is 13.3 Å². The predicted molar refractivity (Wildman–Crippen MR) is 52.7 cm³/mol. The van der Waals surface area contributed by atoms with Gasteiger partial charge < -0.3 is 10.1 Å². The van der Waals surface area contributed by atoms with Crippen LogP contribution in [-0.4, -0.2) is 15.9 Å². The molecule has 0 amide bonds. The van der Waals surface area contributed by atoms with Gasteiger partial charge in [-0.1, -0.05) is 0 Å². The fourth-order valence-electron chi connectivity index (χ4n) is 1.48. The van der Waals surface area contributed by atoms with Crippen molar-refractivity contribution in [1.29, 1.82) is 0 Å². The van der Waals surface area contributed by atoms with Crippen molar-refractivity contribution >= 4 is 5.52 Å². The number of hydrogen-bond acceptors (Lipinski definition) is 2. The van der Waals surface area contributed by atoms with E-state index in [0.717, 1.165) is 12.1 Å². The highest BCUT2D eigenvalue weighted by Crippen LogP contribution is 2.10. The van der Waals surface area contributed by atoms with Crippen molar-refractivity contribution < 1.29 is 0 Å². The zero-order valence-corrected chi connectivity index (χ0v) is 7.70. The van der Waals surface area contributed by atoms with Gasteiger partial charge in [0, 0.05) is 6.20 Å². The van der Waals surface area contributed by atoms with E-state index in [2.05, 4.69) is 17.1 Å². The molecule has 0 aliphatic carbocycles. The van der Waals surface area contributed by atoms with Gasteiger partial charge in [0.05, 0.1) is 17.5 Å². The lowest BCUT2D eigenvalue weighted by molar-refractivity contribution is 0.963. The molecule has 0 aliphatic heterocycles. The third-order valence-corrected chi connectivity index (χ3v) is 2.23. The van der Waals surface area contributed by atoms with Crippen LogP contribution in [0.3, 0.4) is 0 Å². The molecule has 0 atom stereocenters. The molecule has 13 heavy (non-hydrogen) atoms. The van der Waals surface area contributed by atoms with Crippen LogP contribution in [0.2, 0.25) is 0 Å². The van der Waals surface area contributed by atoms with Crippen LogP contribution in [-0.2, 0) is 6.42 Å². The maximum Gasteiger partial charge on any atom is 0.0995 e. The number of aryl methyl sites for hydroxylation is 1. The molecular weight excluding hydrogens is 162 g/mol. The van der Waals surface area contributed by atoms with Crippen LogP contribution in [0.5, 0.6) is 0 Å². The number of nitrogens with zero attached hydrogens (tertiary/aromatic N) is 2. The number of nitrogens with two attached hydrogens (primary N) is 1. The summed E-state index contributed by atoms with van der Waals surface area (Å²) in [4.78, 5) is 4.23. The summed E-state index contributed by atoms with van der Waals surface area (Å²) in [6, 6.07) is 4.23. The van der Waals surface area contributed by atoms with Crippen LogP contribution >= 0.6 is 0 Å². The molecule has 0 radical (unpaired) electrons. The number of hydrogen-bond donors (Lipinski definition) is 1. The lowest BCUT2D eigenvalue weighted by atomic mass is 10.2. The molecular formula is C10H13N3. The Hall–Kier alpha value is -1.35. The molecule has 0 saturated carbocycles. The van der Waals surface area contributed by atoms with Crippen molar-refractivity contribution in [2.24, 2.45) is 5.73 Å². The molecule has 2 heterocycles. The Balaban J connectivity index is 2.53. The van der Waals surface area contributed by atoms with Crippen LogP contribution in [0.4, 0.5) is 0 Å². The minimum absolute atomic E-state index is 0.698. The first-order chi connectivity index (χ1) is 6.31. The molecule has 0 spiro atoms.